The third kappa shape index (κ3) is 3.31. The molecule has 0 unspecified atom stereocenters. The lowest BCUT2D eigenvalue weighted by atomic mass is 10.1. The maximum atomic E-state index is 5.87. The van der Waals surface area contributed by atoms with Crippen molar-refractivity contribution in [3.05, 3.63) is 58.1 Å². The molecule has 0 amide bonds. The van der Waals surface area contributed by atoms with Crippen molar-refractivity contribution in [2.24, 2.45) is 0 Å². The Morgan fingerprint density at radius 2 is 1.68 bits per heavy atom. The fourth-order valence-electron chi connectivity index (χ4n) is 1.96. The first-order valence-electron chi connectivity index (χ1n) is 6.32. The number of halogens is 2. The lowest BCUT2D eigenvalue weighted by molar-refractivity contribution is 1.13. The molecule has 0 aromatic heterocycles. The van der Waals surface area contributed by atoms with Gasteiger partial charge in [-0.15, -0.1) is 11.6 Å². The van der Waals surface area contributed by atoms with Crippen molar-refractivity contribution in [1.29, 1.82) is 0 Å². The van der Waals surface area contributed by atoms with Gasteiger partial charge in [0.15, 0.2) is 0 Å². The topological polar surface area (TPSA) is 3.24 Å². The van der Waals surface area contributed by atoms with Gasteiger partial charge in [0.25, 0.3) is 0 Å². The number of hydrogen-bond donors (Lipinski definition) is 0. The van der Waals surface area contributed by atoms with Crippen molar-refractivity contribution in [1.82, 2.24) is 0 Å². The maximum absolute atomic E-state index is 5.87. The molecule has 0 fully saturated rings. The van der Waals surface area contributed by atoms with Crippen LogP contribution in [-0.4, -0.2) is 7.05 Å². The van der Waals surface area contributed by atoms with Gasteiger partial charge in [-0.2, -0.15) is 0 Å². The van der Waals surface area contributed by atoms with Gasteiger partial charge in [0.05, 0.1) is 0 Å². The van der Waals surface area contributed by atoms with Gasteiger partial charge in [0.2, 0.25) is 0 Å². The van der Waals surface area contributed by atoms with Crippen LogP contribution >= 0.6 is 27.5 Å². The molecule has 0 heterocycles. The summed E-state index contributed by atoms with van der Waals surface area (Å²) >= 11 is 9.43. The third-order valence-corrected chi connectivity index (χ3v) is 4.33. The zero-order valence-corrected chi connectivity index (χ0v) is 13.5. The van der Waals surface area contributed by atoms with E-state index in [9.17, 15) is 0 Å². The molecule has 2 aromatic carbocycles. The standard InChI is InChI=1S/C16H17BrClN/c1-3-12-4-7-14(8-5-12)19(2)15-9-6-13(11-18)16(17)10-15/h4-10H,3,11H2,1-2H3. The molecule has 19 heavy (non-hydrogen) atoms. The van der Waals surface area contributed by atoms with E-state index in [-0.39, 0.29) is 0 Å². The summed E-state index contributed by atoms with van der Waals surface area (Å²) in [5.74, 6) is 0.524. The van der Waals surface area contributed by atoms with Crippen LogP contribution in [0.2, 0.25) is 0 Å². The minimum Gasteiger partial charge on any atom is -0.345 e. The van der Waals surface area contributed by atoms with Gasteiger partial charge < -0.3 is 4.90 Å². The number of alkyl halides is 1. The van der Waals surface area contributed by atoms with Crippen LogP contribution in [0.15, 0.2) is 46.9 Å². The van der Waals surface area contributed by atoms with Crippen molar-refractivity contribution in [3.8, 4) is 0 Å². The quantitative estimate of drug-likeness (QED) is 0.664. The Morgan fingerprint density at radius 3 is 2.21 bits per heavy atom. The maximum Gasteiger partial charge on any atom is 0.0485 e. The molecule has 1 nitrogen and oxygen atoms in total. The molecule has 0 radical (unpaired) electrons. The second-order valence-corrected chi connectivity index (χ2v) is 5.61. The second kappa shape index (κ2) is 6.44. The molecule has 0 spiro atoms. The molecule has 2 aromatic rings. The number of nitrogens with zero attached hydrogens (tertiary/aromatic N) is 1. The van der Waals surface area contributed by atoms with E-state index in [1.807, 2.05) is 0 Å². The fraction of sp³-hybridized carbons (Fsp3) is 0.250. The summed E-state index contributed by atoms with van der Waals surface area (Å²) in [6.45, 7) is 2.17. The highest BCUT2D eigenvalue weighted by Crippen LogP contribution is 2.29. The van der Waals surface area contributed by atoms with Gasteiger partial charge in [-0.1, -0.05) is 41.1 Å². The number of hydrogen-bond acceptors (Lipinski definition) is 1. The van der Waals surface area contributed by atoms with Crippen molar-refractivity contribution in [2.45, 2.75) is 19.2 Å². The van der Waals surface area contributed by atoms with E-state index < -0.39 is 0 Å². The van der Waals surface area contributed by atoms with Crippen molar-refractivity contribution < 1.29 is 0 Å². The molecule has 0 atom stereocenters. The van der Waals surface area contributed by atoms with Crippen LogP contribution in [0.25, 0.3) is 0 Å². The van der Waals surface area contributed by atoms with E-state index in [1.165, 1.54) is 11.3 Å². The zero-order chi connectivity index (χ0) is 13.8. The van der Waals surface area contributed by atoms with E-state index in [2.05, 4.69) is 77.3 Å². The Labute approximate surface area is 128 Å². The Balaban J connectivity index is 2.27. The molecule has 0 aliphatic rings. The van der Waals surface area contributed by atoms with E-state index in [4.69, 9.17) is 11.6 Å². The smallest absolute Gasteiger partial charge is 0.0485 e. The van der Waals surface area contributed by atoms with Gasteiger partial charge in [0.1, 0.15) is 0 Å². The molecule has 0 aliphatic carbocycles. The third-order valence-electron chi connectivity index (χ3n) is 3.30. The van der Waals surface area contributed by atoms with Crippen molar-refractivity contribution in [3.63, 3.8) is 0 Å². The zero-order valence-electron chi connectivity index (χ0n) is 11.2. The molecule has 2 rings (SSSR count). The molecule has 0 aliphatic heterocycles. The van der Waals surface area contributed by atoms with E-state index in [0.717, 1.165) is 22.1 Å². The van der Waals surface area contributed by atoms with E-state index in [1.54, 1.807) is 0 Å². The summed E-state index contributed by atoms with van der Waals surface area (Å²) in [6, 6.07) is 14.9. The summed E-state index contributed by atoms with van der Waals surface area (Å²) in [7, 11) is 2.07. The summed E-state index contributed by atoms with van der Waals surface area (Å²) in [5.41, 5.74) is 4.80. The van der Waals surface area contributed by atoms with Gasteiger partial charge in [-0.3, -0.25) is 0 Å². The largest absolute Gasteiger partial charge is 0.345 e. The van der Waals surface area contributed by atoms with Crippen molar-refractivity contribution >= 4 is 38.9 Å². The van der Waals surface area contributed by atoms with Gasteiger partial charge in [0, 0.05) is 28.8 Å². The first kappa shape index (κ1) is 14.4. The SMILES string of the molecule is CCc1ccc(N(C)c2ccc(CCl)c(Br)c2)cc1. The summed E-state index contributed by atoms with van der Waals surface area (Å²) < 4.78 is 1.05. The molecular formula is C16H17BrClN. The van der Waals surface area contributed by atoms with Crippen LogP contribution in [-0.2, 0) is 12.3 Å². The lowest BCUT2D eigenvalue weighted by Gasteiger charge is -2.20. The van der Waals surface area contributed by atoms with E-state index >= 15 is 0 Å². The second-order valence-electron chi connectivity index (χ2n) is 4.49. The Hall–Kier alpha value is -0.990. The summed E-state index contributed by atoms with van der Waals surface area (Å²) in [4.78, 5) is 2.17. The highest BCUT2D eigenvalue weighted by Gasteiger charge is 2.06. The molecule has 100 valence electrons. The number of rotatable bonds is 4. The predicted octanol–water partition coefficient (Wildman–Crippen LogP) is 5.52. The normalized spacial score (nSPS) is 10.5. The summed E-state index contributed by atoms with van der Waals surface area (Å²) in [6.07, 6.45) is 1.07. The lowest BCUT2D eigenvalue weighted by Crippen LogP contribution is -2.09. The average Bonchev–Trinajstić information content (AvgIpc) is 2.46. The first-order valence-corrected chi connectivity index (χ1v) is 7.65. The molecule has 3 heteroatoms. The van der Waals surface area contributed by atoms with Crippen LogP contribution in [0.4, 0.5) is 11.4 Å². The molecule has 0 N–H and O–H groups in total. The molecular weight excluding hydrogens is 322 g/mol. The van der Waals surface area contributed by atoms with Crippen LogP contribution in [0, 0.1) is 0 Å². The molecule has 0 bridgehead atoms. The van der Waals surface area contributed by atoms with Crippen LogP contribution in [0.3, 0.4) is 0 Å². The van der Waals surface area contributed by atoms with E-state index in [0.29, 0.717) is 5.88 Å². The van der Waals surface area contributed by atoms with Crippen LogP contribution in [0.5, 0.6) is 0 Å². The van der Waals surface area contributed by atoms with Gasteiger partial charge in [-0.05, 0) is 41.8 Å². The van der Waals surface area contributed by atoms with Gasteiger partial charge >= 0.3 is 0 Å². The van der Waals surface area contributed by atoms with Crippen molar-refractivity contribution in [2.75, 3.05) is 11.9 Å². The molecule has 0 saturated heterocycles. The number of aryl methyl sites for hydroxylation is 1. The number of anilines is 2. The van der Waals surface area contributed by atoms with Crippen LogP contribution < -0.4 is 4.90 Å². The predicted molar refractivity (Wildman–Crippen MR) is 87.6 cm³/mol. The fourth-order valence-corrected chi connectivity index (χ4v) is 2.86. The Bertz CT molecular complexity index is 551. The minimum absolute atomic E-state index is 0.524. The Kier molecular flexibility index (Phi) is 4.89. The molecule has 0 saturated carbocycles. The Morgan fingerprint density at radius 1 is 1.05 bits per heavy atom. The average molecular weight is 339 g/mol. The minimum atomic E-state index is 0.524. The first-order chi connectivity index (χ1) is 9.15. The summed E-state index contributed by atoms with van der Waals surface area (Å²) in [5, 5.41) is 0. The van der Waals surface area contributed by atoms with Gasteiger partial charge in [-0.25, -0.2) is 0 Å². The number of benzene rings is 2. The highest BCUT2D eigenvalue weighted by molar-refractivity contribution is 9.10. The van der Waals surface area contributed by atoms with Crippen LogP contribution in [0.1, 0.15) is 18.1 Å². The highest BCUT2D eigenvalue weighted by atomic mass is 79.9. The monoisotopic (exact) mass is 337 g/mol.